The van der Waals surface area contributed by atoms with Crippen molar-refractivity contribution in [3.05, 3.63) is 29.8 Å². The zero-order valence-corrected chi connectivity index (χ0v) is 15.0. The van der Waals surface area contributed by atoms with Crippen LogP contribution in [0.1, 0.15) is 50.4 Å². The van der Waals surface area contributed by atoms with Crippen LogP contribution in [-0.4, -0.2) is 49.2 Å². The molecule has 0 saturated carbocycles. The van der Waals surface area contributed by atoms with Crippen molar-refractivity contribution < 1.29 is 13.2 Å². The lowest BCUT2D eigenvalue weighted by Crippen LogP contribution is -2.42. The summed E-state index contributed by atoms with van der Waals surface area (Å²) in [6.07, 6.45) is 3.22. The Balaban J connectivity index is 2.21. The van der Waals surface area contributed by atoms with Crippen LogP contribution in [0, 0.1) is 0 Å². The summed E-state index contributed by atoms with van der Waals surface area (Å²) >= 11 is 0. The van der Waals surface area contributed by atoms with Gasteiger partial charge in [-0.3, -0.25) is 4.79 Å². The average Bonchev–Trinajstić information content (AvgIpc) is 2.55. The molecule has 0 radical (unpaired) electrons. The fourth-order valence-electron chi connectivity index (χ4n) is 3.05. The molecule has 1 aromatic carbocycles. The predicted octanol–water partition coefficient (Wildman–Crippen LogP) is 2.73. The van der Waals surface area contributed by atoms with Gasteiger partial charge in [-0.15, -0.1) is 0 Å². The molecule has 1 amide bonds. The molecule has 1 fully saturated rings. The van der Waals surface area contributed by atoms with Gasteiger partial charge in [0, 0.05) is 31.2 Å². The van der Waals surface area contributed by atoms with Gasteiger partial charge in [0.1, 0.15) is 0 Å². The third-order valence-corrected chi connectivity index (χ3v) is 6.57. The number of hydrogen-bond acceptors (Lipinski definition) is 3. The van der Waals surface area contributed by atoms with Gasteiger partial charge in [0.2, 0.25) is 10.0 Å². The lowest BCUT2D eigenvalue weighted by Gasteiger charge is -2.33. The summed E-state index contributed by atoms with van der Waals surface area (Å²) in [7, 11) is -3.47. The second-order valence-corrected chi connectivity index (χ2v) is 7.89. The molecule has 1 saturated heterocycles. The molecule has 0 aromatic heterocycles. The topological polar surface area (TPSA) is 57.7 Å². The molecule has 1 heterocycles. The number of sulfonamides is 1. The molecule has 1 aliphatic heterocycles. The van der Waals surface area contributed by atoms with Gasteiger partial charge in [-0.1, -0.05) is 13.8 Å². The first-order valence-corrected chi connectivity index (χ1v) is 9.77. The highest BCUT2D eigenvalue weighted by Gasteiger charge is 2.25. The first-order chi connectivity index (χ1) is 10.9. The number of carbonyl (C=O) groups is 1. The minimum Gasteiger partial charge on any atom is -0.336 e. The van der Waals surface area contributed by atoms with Crippen molar-refractivity contribution in [3.63, 3.8) is 0 Å². The quantitative estimate of drug-likeness (QED) is 0.829. The molecule has 0 bridgehead atoms. The molecule has 5 nitrogen and oxygen atoms in total. The van der Waals surface area contributed by atoms with E-state index in [4.69, 9.17) is 0 Å². The van der Waals surface area contributed by atoms with Gasteiger partial charge in [-0.25, -0.2) is 8.42 Å². The fourth-order valence-corrected chi connectivity index (χ4v) is 4.51. The van der Waals surface area contributed by atoms with Gasteiger partial charge in [0.15, 0.2) is 0 Å². The standard InChI is InChI=1S/C17H26N2O3S/c1-4-18(5-2)23(21,22)16-11-9-15(10-12-16)17(20)19-13-7-6-8-14(19)3/h9-12,14H,4-8,13H2,1-3H3. The molecule has 1 aliphatic rings. The second kappa shape index (κ2) is 7.45. The largest absolute Gasteiger partial charge is 0.336 e. The number of hydrogen-bond donors (Lipinski definition) is 0. The van der Waals surface area contributed by atoms with Gasteiger partial charge in [0.05, 0.1) is 4.90 Å². The number of amides is 1. The Kier molecular flexibility index (Phi) is 5.81. The van der Waals surface area contributed by atoms with Gasteiger partial charge in [-0.05, 0) is 50.5 Å². The van der Waals surface area contributed by atoms with E-state index in [2.05, 4.69) is 6.92 Å². The summed E-state index contributed by atoms with van der Waals surface area (Å²) in [6, 6.07) is 6.57. The van der Waals surface area contributed by atoms with Crippen LogP contribution in [0.25, 0.3) is 0 Å². The maximum absolute atomic E-state index is 12.6. The van der Waals surface area contributed by atoms with E-state index in [9.17, 15) is 13.2 Å². The molecular weight excluding hydrogens is 312 g/mol. The van der Waals surface area contributed by atoms with Crippen molar-refractivity contribution in [1.82, 2.24) is 9.21 Å². The Hall–Kier alpha value is -1.40. The highest BCUT2D eigenvalue weighted by Crippen LogP contribution is 2.21. The number of nitrogens with zero attached hydrogens (tertiary/aromatic N) is 2. The van der Waals surface area contributed by atoms with Crippen molar-refractivity contribution in [2.45, 2.75) is 51.0 Å². The molecule has 6 heteroatoms. The van der Waals surface area contributed by atoms with E-state index in [-0.39, 0.29) is 16.8 Å². The number of likely N-dealkylation sites (tertiary alicyclic amines) is 1. The second-order valence-electron chi connectivity index (χ2n) is 5.96. The van der Waals surface area contributed by atoms with Crippen LogP contribution in [0.2, 0.25) is 0 Å². The summed E-state index contributed by atoms with van der Waals surface area (Å²) in [4.78, 5) is 14.7. The van der Waals surface area contributed by atoms with E-state index in [0.717, 1.165) is 25.8 Å². The minimum absolute atomic E-state index is 0.0102. The van der Waals surface area contributed by atoms with Crippen LogP contribution in [0.3, 0.4) is 0 Å². The smallest absolute Gasteiger partial charge is 0.254 e. The lowest BCUT2D eigenvalue weighted by molar-refractivity contribution is 0.0635. The SMILES string of the molecule is CCN(CC)S(=O)(=O)c1ccc(C(=O)N2CCCCC2C)cc1. The molecule has 1 aromatic rings. The maximum atomic E-state index is 12.6. The van der Waals surface area contributed by atoms with Crippen molar-refractivity contribution in [3.8, 4) is 0 Å². The summed E-state index contributed by atoms with van der Waals surface area (Å²) < 4.78 is 26.3. The van der Waals surface area contributed by atoms with Gasteiger partial charge < -0.3 is 4.90 Å². The van der Waals surface area contributed by atoms with Crippen LogP contribution in [0.15, 0.2) is 29.2 Å². The minimum atomic E-state index is -3.47. The monoisotopic (exact) mass is 338 g/mol. The van der Waals surface area contributed by atoms with E-state index in [1.807, 2.05) is 18.7 Å². The van der Waals surface area contributed by atoms with Gasteiger partial charge in [-0.2, -0.15) is 4.31 Å². The number of carbonyl (C=O) groups excluding carboxylic acids is 1. The average molecular weight is 338 g/mol. The maximum Gasteiger partial charge on any atom is 0.254 e. The van der Waals surface area contributed by atoms with E-state index in [0.29, 0.717) is 18.7 Å². The van der Waals surface area contributed by atoms with E-state index >= 15 is 0 Å². The predicted molar refractivity (Wildman–Crippen MR) is 90.9 cm³/mol. The van der Waals surface area contributed by atoms with E-state index < -0.39 is 10.0 Å². The fraction of sp³-hybridized carbons (Fsp3) is 0.588. The first-order valence-electron chi connectivity index (χ1n) is 8.33. The zero-order chi connectivity index (χ0) is 17.0. The molecule has 23 heavy (non-hydrogen) atoms. The third-order valence-electron chi connectivity index (χ3n) is 4.51. The summed E-state index contributed by atoms with van der Waals surface area (Å²) in [5.74, 6) is -0.0102. The van der Waals surface area contributed by atoms with Crippen LogP contribution in [0.5, 0.6) is 0 Å². The lowest BCUT2D eigenvalue weighted by atomic mass is 10.0. The molecule has 128 valence electrons. The van der Waals surface area contributed by atoms with Crippen LogP contribution in [0.4, 0.5) is 0 Å². The summed E-state index contributed by atoms with van der Waals surface area (Å²) in [5, 5.41) is 0. The normalized spacial score (nSPS) is 19.1. The first kappa shape index (κ1) is 17.9. The Morgan fingerprint density at radius 3 is 2.30 bits per heavy atom. The highest BCUT2D eigenvalue weighted by molar-refractivity contribution is 7.89. The van der Waals surface area contributed by atoms with Crippen molar-refractivity contribution in [2.75, 3.05) is 19.6 Å². The molecule has 0 aliphatic carbocycles. The third kappa shape index (κ3) is 3.75. The number of piperidine rings is 1. The Morgan fingerprint density at radius 2 is 1.78 bits per heavy atom. The molecule has 0 N–H and O–H groups in total. The van der Waals surface area contributed by atoms with Gasteiger partial charge in [0.25, 0.3) is 5.91 Å². The van der Waals surface area contributed by atoms with E-state index in [1.54, 1.807) is 12.1 Å². The highest BCUT2D eigenvalue weighted by atomic mass is 32.2. The molecular formula is C17H26N2O3S. The Labute approximate surface area is 139 Å². The summed E-state index contributed by atoms with van der Waals surface area (Å²) in [6.45, 7) is 7.35. The molecule has 1 atom stereocenters. The number of benzene rings is 1. The van der Waals surface area contributed by atoms with Crippen LogP contribution >= 0.6 is 0 Å². The molecule has 0 spiro atoms. The summed E-state index contributed by atoms with van der Waals surface area (Å²) in [5.41, 5.74) is 0.553. The number of rotatable bonds is 5. The van der Waals surface area contributed by atoms with Crippen molar-refractivity contribution >= 4 is 15.9 Å². The van der Waals surface area contributed by atoms with E-state index in [1.165, 1.54) is 16.4 Å². The molecule has 1 unspecified atom stereocenters. The Morgan fingerprint density at radius 1 is 1.17 bits per heavy atom. The van der Waals surface area contributed by atoms with Crippen molar-refractivity contribution in [1.29, 1.82) is 0 Å². The van der Waals surface area contributed by atoms with Crippen molar-refractivity contribution in [2.24, 2.45) is 0 Å². The van der Waals surface area contributed by atoms with Crippen LogP contribution in [-0.2, 0) is 10.0 Å². The Bertz CT molecular complexity index is 636. The van der Waals surface area contributed by atoms with Crippen LogP contribution < -0.4 is 0 Å². The molecule has 2 rings (SSSR count). The zero-order valence-electron chi connectivity index (χ0n) is 14.2. The van der Waals surface area contributed by atoms with Gasteiger partial charge >= 0.3 is 0 Å².